The first-order chi connectivity index (χ1) is 6.41. The van der Waals surface area contributed by atoms with Crippen LogP contribution in [0.5, 0.6) is 0 Å². The van der Waals surface area contributed by atoms with Crippen molar-refractivity contribution in [3.05, 3.63) is 0 Å². The number of aliphatic hydroxyl groups excluding tert-OH is 1. The van der Waals surface area contributed by atoms with E-state index in [0.717, 1.165) is 0 Å². The SMILES string of the molecule is NC/C=N\CCOCCOCCO. The van der Waals surface area contributed by atoms with Gasteiger partial charge in [0, 0.05) is 12.8 Å². The number of aliphatic hydroxyl groups is 1. The molecule has 0 aliphatic rings. The summed E-state index contributed by atoms with van der Waals surface area (Å²) in [6.45, 7) is 3.17. The van der Waals surface area contributed by atoms with Gasteiger partial charge in [-0.2, -0.15) is 0 Å². The monoisotopic (exact) mass is 190 g/mol. The molecule has 0 aromatic carbocycles. The van der Waals surface area contributed by atoms with E-state index in [1.165, 1.54) is 0 Å². The molecule has 13 heavy (non-hydrogen) atoms. The predicted octanol–water partition coefficient (Wildman–Crippen LogP) is -0.959. The van der Waals surface area contributed by atoms with Crippen molar-refractivity contribution in [2.45, 2.75) is 0 Å². The lowest BCUT2D eigenvalue weighted by Crippen LogP contribution is -2.09. The molecule has 0 saturated carbocycles. The van der Waals surface area contributed by atoms with Crippen LogP contribution in [0.25, 0.3) is 0 Å². The summed E-state index contributed by atoms with van der Waals surface area (Å²) in [5.74, 6) is 0. The third-order valence-corrected chi connectivity index (χ3v) is 1.21. The Morgan fingerprint density at radius 2 is 1.85 bits per heavy atom. The van der Waals surface area contributed by atoms with Crippen molar-refractivity contribution in [1.29, 1.82) is 0 Å². The van der Waals surface area contributed by atoms with Gasteiger partial charge >= 0.3 is 0 Å². The van der Waals surface area contributed by atoms with Gasteiger partial charge in [-0.25, -0.2) is 0 Å². The van der Waals surface area contributed by atoms with Crippen molar-refractivity contribution in [3.8, 4) is 0 Å². The van der Waals surface area contributed by atoms with Crippen LogP contribution in [-0.2, 0) is 9.47 Å². The fourth-order valence-electron chi connectivity index (χ4n) is 0.670. The van der Waals surface area contributed by atoms with E-state index in [4.69, 9.17) is 20.3 Å². The molecule has 0 aliphatic heterocycles. The van der Waals surface area contributed by atoms with Crippen LogP contribution in [0.15, 0.2) is 4.99 Å². The standard InChI is InChI=1S/C8H18N2O3/c9-1-2-10-3-5-12-7-8-13-6-4-11/h2,11H,1,3-9H2/b10-2-. The minimum Gasteiger partial charge on any atom is -0.394 e. The van der Waals surface area contributed by atoms with Crippen LogP contribution in [0.1, 0.15) is 0 Å². The van der Waals surface area contributed by atoms with Crippen LogP contribution in [-0.4, -0.2) is 57.4 Å². The second-order valence-electron chi connectivity index (χ2n) is 2.27. The van der Waals surface area contributed by atoms with Crippen LogP contribution in [0.4, 0.5) is 0 Å². The zero-order valence-electron chi connectivity index (χ0n) is 7.82. The van der Waals surface area contributed by atoms with Gasteiger partial charge in [0.15, 0.2) is 0 Å². The Labute approximate surface area is 78.6 Å². The highest BCUT2D eigenvalue weighted by Crippen LogP contribution is 1.79. The highest BCUT2D eigenvalue weighted by atomic mass is 16.5. The average molecular weight is 190 g/mol. The number of rotatable bonds is 9. The molecule has 0 aromatic heterocycles. The van der Waals surface area contributed by atoms with E-state index in [0.29, 0.717) is 39.5 Å². The number of nitrogens with zero attached hydrogens (tertiary/aromatic N) is 1. The van der Waals surface area contributed by atoms with Gasteiger partial charge in [0.2, 0.25) is 0 Å². The minimum absolute atomic E-state index is 0.0563. The molecule has 0 heterocycles. The maximum atomic E-state index is 8.37. The first kappa shape index (κ1) is 12.5. The Morgan fingerprint density at radius 3 is 2.46 bits per heavy atom. The molecule has 0 aromatic rings. The van der Waals surface area contributed by atoms with Crippen molar-refractivity contribution in [1.82, 2.24) is 0 Å². The molecule has 0 amide bonds. The van der Waals surface area contributed by atoms with Gasteiger partial charge < -0.3 is 20.3 Å². The Balaban J connectivity index is 2.87. The van der Waals surface area contributed by atoms with Crippen LogP contribution < -0.4 is 5.73 Å². The van der Waals surface area contributed by atoms with Gasteiger partial charge in [0.1, 0.15) is 0 Å². The summed E-state index contributed by atoms with van der Waals surface area (Å²) in [4.78, 5) is 3.97. The van der Waals surface area contributed by atoms with E-state index >= 15 is 0 Å². The lowest BCUT2D eigenvalue weighted by molar-refractivity contribution is 0.0355. The van der Waals surface area contributed by atoms with E-state index in [-0.39, 0.29) is 6.61 Å². The zero-order chi connectivity index (χ0) is 9.78. The van der Waals surface area contributed by atoms with Gasteiger partial charge in [-0.3, -0.25) is 4.99 Å². The lowest BCUT2D eigenvalue weighted by Gasteiger charge is -2.02. The van der Waals surface area contributed by atoms with Crippen molar-refractivity contribution >= 4 is 6.21 Å². The molecule has 0 radical (unpaired) electrons. The quantitative estimate of drug-likeness (QED) is 0.363. The summed E-state index contributed by atoms with van der Waals surface area (Å²) in [6.07, 6.45) is 1.66. The van der Waals surface area contributed by atoms with Gasteiger partial charge in [-0.15, -0.1) is 0 Å². The Hall–Kier alpha value is -0.490. The van der Waals surface area contributed by atoms with Crippen molar-refractivity contribution < 1.29 is 14.6 Å². The maximum absolute atomic E-state index is 8.37. The van der Waals surface area contributed by atoms with Gasteiger partial charge in [0.25, 0.3) is 0 Å². The summed E-state index contributed by atoms with van der Waals surface area (Å²) < 4.78 is 10.1. The average Bonchev–Trinajstić information content (AvgIpc) is 2.16. The highest BCUT2D eigenvalue weighted by Gasteiger charge is 1.87. The molecule has 0 unspecified atom stereocenters. The third-order valence-electron chi connectivity index (χ3n) is 1.21. The summed E-state index contributed by atoms with van der Waals surface area (Å²) in [5.41, 5.74) is 5.19. The Bertz CT molecular complexity index is 120. The lowest BCUT2D eigenvalue weighted by atomic mass is 10.6. The van der Waals surface area contributed by atoms with E-state index in [2.05, 4.69) is 4.99 Å². The molecule has 5 heteroatoms. The van der Waals surface area contributed by atoms with Gasteiger partial charge in [-0.05, 0) is 0 Å². The van der Waals surface area contributed by atoms with Crippen LogP contribution >= 0.6 is 0 Å². The van der Waals surface area contributed by atoms with Crippen LogP contribution in [0, 0.1) is 0 Å². The molecular weight excluding hydrogens is 172 g/mol. The molecule has 0 spiro atoms. The Morgan fingerprint density at radius 1 is 1.15 bits per heavy atom. The molecule has 0 atom stereocenters. The molecule has 0 aliphatic carbocycles. The summed E-state index contributed by atoms with van der Waals surface area (Å²) >= 11 is 0. The summed E-state index contributed by atoms with van der Waals surface area (Å²) in [7, 11) is 0. The van der Waals surface area contributed by atoms with Gasteiger partial charge in [0.05, 0.1) is 39.6 Å². The number of hydrogen-bond donors (Lipinski definition) is 2. The van der Waals surface area contributed by atoms with E-state index in [9.17, 15) is 0 Å². The fourth-order valence-corrected chi connectivity index (χ4v) is 0.670. The van der Waals surface area contributed by atoms with E-state index in [1.54, 1.807) is 6.21 Å². The summed E-state index contributed by atoms with van der Waals surface area (Å²) in [5, 5.41) is 8.37. The minimum atomic E-state index is 0.0563. The number of aliphatic imine (C=N–C) groups is 1. The summed E-state index contributed by atoms with van der Waals surface area (Å²) in [6, 6.07) is 0. The second kappa shape index (κ2) is 11.5. The third kappa shape index (κ3) is 11.5. The maximum Gasteiger partial charge on any atom is 0.0701 e. The molecule has 0 rings (SSSR count). The fraction of sp³-hybridized carbons (Fsp3) is 0.875. The van der Waals surface area contributed by atoms with Crippen molar-refractivity contribution in [2.24, 2.45) is 10.7 Å². The highest BCUT2D eigenvalue weighted by molar-refractivity contribution is 5.59. The van der Waals surface area contributed by atoms with Crippen molar-refractivity contribution in [2.75, 3.05) is 46.1 Å². The Kier molecular flexibility index (Phi) is 11.1. The van der Waals surface area contributed by atoms with E-state index < -0.39 is 0 Å². The molecule has 0 fully saturated rings. The first-order valence-corrected chi connectivity index (χ1v) is 4.36. The molecule has 0 bridgehead atoms. The number of nitrogens with two attached hydrogens (primary N) is 1. The van der Waals surface area contributed by atoms with Gasteiger partial charge in [-0.1, -0.05) is 0 Å². The zero-order valence-corrected chi connectivity index (χ0v) is 7.82. The topological polar surface area (TPSA) is 77.1 Å². The van der Waals surface area contributed by atoms with Crippen LogP contribution in [0.3, 0.4) is 0 Å². The predicted molar refractivity (Wildman–Crippen MR) is 51.1 cm³/mol. The van der Waals surface area contributed by atoms with Crippen molar-refractivity contribution in [3.63, 3.8) is 0 Å². The molecule has 3 N–H and O–H groups in total. The smallest absolute Gasteiger partial charge is 0.0701 e. The van der Waals surface area contributed by atoms with Crippen LogP contribution in [0.2, 0.25) is 0 Å². The molecule has 0 saturated heterocycles. The normalized spacial score (nSPS) is 11.2. The number of hydrogen-bond acceptors (Lipinski definition) is 5. The molecule has 78 valence electrons. The number of ether oxygens (including phenoxy) is 2. The largest absolute Gasteiger partial charge is 0.394 e. The first-order valence-electron chi connectivity index (χ1n) is 4.36. The van der Waals surface area contributed by atoms with E-state index in [1.807, 2.05) is 0 Å². The second-order valence-corrected chi connectivity index (χ2v) is 2.27. The molecule has 5 nitrogen and oxygen atoms in total. The molecular formula is C8H18N2O3.